The second-order valence-electron chi connectivity index (χ2n) is 5.68. The van der Waals surface area contributed by atoms with E-state index in [1.165, 1.54) is 12.1 Å². The maximum Gasteiger partial charge on any atom is 0.305 e. The molecule has 0 saturated carbocycles. The molecule has 1 aromatic rings. The van der Waals surface area contributed by atoms with E-state index < -0.39 is 45.2 Å². The third kappa shape index (κ3) is 4.45. The van der Waals surface area contributed by atoms with Crippen molar-refractivity contribution in [3.63, 3.8) is 0 Å². The van der Waals surface area contributed by atoms with Gasteiger partial charge in [0.15, 0.2) is 9.84 Å². The molecule has 1 aliphatic heterocycles. The van der Waals surface area contributed by atoms with Crippen LogP contribution in [0.25, 0.3) is 0 Å². The number of carboxylic acid groups (broad SMARTS) is 1. The first-order chi connectivity index (χ1) is 11.2. The van der Waals surface area contributed by atoms with E-state index in [0.29, 0.717) is 12.8 Å². The number of benzene rings is 1. The molecule has 1 heterocycles. The molecule has 0 aliphatic carbocycles. The first-order valence-electron chi connectivity index (χ1n) is 7.39. The number of amides is 1. The molecule has 2 N–H and O–H groups in total. The molecule has 0 bridgehead atoms. The van der Waals surface area contributed by atoms with Gasteiger partial charge in [-0.3, -0.25) is 9.59 Å². The minimum absolute atomic E-state index is 0.0652. The Morgan fingerprint density at radius 2 is 2.08 bits per heavy atom. The molecule has 1 amide bonds. The molecule has 1 aliphatic rings. The molecule has 0 aromatic heterocycles. The summed E-state index contributed by atoms with van der Waals surface area (Å²) in [7, 11) is -3.55. The topological polar surface area (TPSA) is 101 Å². The van der Waals surface area contributed by atoms with Crippen molar-refractivity contribution in [2.75, 3.05) is 5.75 Å². The molecule has 1 fully saturated rings. The van der Waals surface area contributed by atoms with Gasteiger partial charge in [0.1, 0.15) is 11.1 Å². The number of nitrogens with one attached hydrogen (secondary N) is 1. The monoisotopic (exact) mass is 377 g/mol. The SMILES string of the molecule is O=C(O)CC(NC(=O)C1CCCCS1(=O)=O)c1ccc(Cl)c(F)c1. The molecular formula is C15H17ClFNO5S. The fourth-order valence-electron chi connectivity index (χ4n) is 2.67. The van der Waals surface area contributed by atoms with Crippen molar-refractivity contribution in [2.45, 2.75) is 37.0 Å². The molecule has 0 spiro atoms. The predicted molar refractivity (Wildman–Crippen MR) is 86.0 cm³/mol. The van der Waals surface area contributed by atoms with Gasteiger partial charge in [0.25, 0.3) is 0 Å². The van der Waals surface area contributed by atoms with Gasteiger partial charge in [-0.1, -0.05) is 24.1 Å². The van der Waals surface area contributed by atoms with Gasteiger partial charge >= 0.3 is 5.97 Å². The van der Waals surface area contributed by atoms with Gasteiger partial charge in [0.2, 0.25) is 5.91 Å². The molecule has 6 nitrogen and oxygen atoms in total. The maximum atomic E-state index is 13.6. The van der Waals surface area contributed by atoms with Gasteiger partial charge < -0.3 is 10.4 Å². The van der Waals surface area contributed by atoms with E-state index in [2.05, 4.69) is 5.32 Å². The first-order valence-corrected chi connectivity index (χ1v) is 9.49. The maximum absolute atomic E-state index is 13.6. The highest BCUT2D eigenvalue weighted by molar-refractivity contribution is 7.92. The zero-order valence-corrected chi connectivity index (χ0v) is 14.2. The van der Waals surface area contributed by atoms with E-state index >= 15 is 0 Å². The largest absolute Gasteiger partial charge is 0.481 e. The third-order valence-electron chi connectivity index (χ3n) is 3.91. The molecule has 2 rings (SSSR count). The summed E-state index contributed by atoms with van der Waals surface area (Å²) in [6, 6.07) is 2.64. The lowest BCUT2D eigenvalue weighted by molar-refractivity contribution is -0.137. The van der Waals surface area contributed by atoms with Crippen LogP contribution >= 0.6 is 11.6 Å². The van der Waals surface area contributed by atoms with E-state index in [0.717, 1.165) is 6.07 Å². The summed E-state index contributed by atoms with van der Waals surface area (Å²) in [5.74, 6) is -2.77. The van der Waals surface area contributed by atoms with Crippen molar-refractivity contribution < 1.29 is 27.5 Å². The van der Waals surface area contributed by atoms with Crippen LogP contribution in [0.1, 0.15) is 37.3 Å². The molecule has 0 radical (unpaired) electrons. The van der Waals surface area contributed by atoms with Crippen molar-refractivity contribution in [2.24, 2.45) is 0 Å². The highest BCUT2D eigenvalue weighted by Gasteiger charge is 2.36. The van der Waals surface area contributed by atoms with Gasteiger partial charge in [-0.25, -0.2) is 12.8 Å². The number of carbonyl (C=O) groups is 2. The summed E-state index contributed by atoms with van der Waals surface area (Å²) < 4.78 is 37.6. The Morgan fingerprint density at radius 3 is 2.67 bits per heavy atom. The number of carbonyl (C=O) groups excluding carboxylic acids is 1. The summed E-state index contributed by atoms with van der Waals surface area (Å²) in [4.78, 5) is 23.4. The van der Waals surface area contributed by atoms with Crippen LogP contribution < -0.4 is 5.32 Å². The number of hydrogen-bond acceptors (Lipinski definition) is 4. The fourth-order valence-corrected chi connectivity index (χ4v) is 4.60. The lowest BCUT2D eigenvalue weighted by atomic mass is 10.0. The summed E-state index contributed by atoms with van der Waals surface area (Å²) in [5, 5.41) is 10.1. The smallest absolute Gasteiger partial charge is 0.305 e. The highest BCUT2D eigenvalue weighted by atomic mass is 35.5. The minimum atomic E-state index is -3.55. The number of aliphatic carboxylic acids is 1. The van der Waals surface area contributed by atoms with Gasteiger partial charge in [0, 0.05) is 0 Å². The minimum Gasteiger partial charge on any atom is -0.481 e. The standard InChI is InChI=1S/C15H17ClFNO5S/c16-10-5-4-9(7-11(10)17)12(8-14(19)20)18-15(21)13-3-1-2-6-24(13,22)23/h4-5,7,12-13H,1-3,6,8H2,(H,18,21)(H,19,20). The Morgan fingerprint density at radius 1 is 1.38 bits per heavy atom. The third-order valence-corrected chi connectivity index (χ3v) is 6.39. The Kier molecular flexibility index (Phi) is 5.82. The van der Waals surface area contributed by atoms with Crippen LogP contribution in [0.4, 0.5) is 4.39 Å². The van der Waals surface area contributed by atoms with E-state index in [-0.39, 0.29) is 22.8 Å². The zero-order valence-electron chi connectivity index (χ0n) is 12.7. The van der Waals surface area contributed by atoms with Crippen LogP contribution in [0.5, 0.6) is 0 Å². The normalized spacial score (nSPS) is 21.0. The Bertz CT molecular complexity index is 752. The van der Waals surface area contributed by atoms with Crippen molar-refractivity contribution >= 4 is 33.3 Å². The van der Waals surface area contributed by atoms with Crippen molar-refractivity contribution in [3.05, 3.63) is 34.6 Å². The summed E-state index contributed by atoms with van der Waals surface area (Å²) >= 11 is 5.60. The van der Waals surface area contributed by atoms with E-state index in [1.54, 1.807) is 0 Å². The van der Waals surface area contributed by atoms with Gasteiger partial charge in [-0.2, -0.15) is 0 Å². The van der Waals surface area contributed by atoms with Gasteiger partial charge in [-0.15, -0.1) is 0 Å². The first kappa shape index (κ1) is 18.7. The lowest BCUT2D eigenvalue weighted by Gasteiger charge is -2.24. The van der Waals surface area contributed by atoms with Gasteiger partial charge in [-0.05, 0) is 30.5 Å². The molecule has 132 valence electrons. The fraction of sp³-hybridized carbons (Fsp3) is 0.467. The van der Waals surface area contributed by atoms with Crippen LogP contribution in [0.15, 0.2) is 18.2 Å². The summed E-state index contributed by atoms with van der Waals surface area (Å²) in [5.41, 5.74) is 0.209. The quantitative estimate of drug-likeness (QED) is 0.818. The Hall–Kier alpha value is -1.67. The van der Waals surface area contributed by atoms with Crippen molar-refractivity contribution in [1.82, 2.24) is 5.32 Å². The predicted octanol–water partition coefficient (Wildman–Crippen LogP) is 2.08. The number of halogens is 2. The number of hydrogen-bond donors (Lipinski definition) is 2. The second kappa shape index (κ2) is 7.48. The molecule has 24 heavy (non-hydrogen) atoms. The Balaban J connectivity index is 2.23. The molecular weight excluding hydrogens is 361 g/mol. The molecule has 1 aromatic carbocycles. The van der Waals surface area contributed by atoms with Crippen molar-refractivity contribution in [1.29, 1.82) is 0 Å². The zero-order chi connectivity index (χ0) is 17.9. The lowest BCUT2D eigenvalue weighted by Crippen LogP contribution is -2.44. The second-order valence-corrected chi connectivity index (χ2v) is 8.39. The molecule has 9 heteroatoms. The highest BCUT2D eigenvalue weighted by Crippen LogP contribution is 2.25. The van der Waals surface area contributed by atoms with Crippen LogP contribution in [-0.2, 0) is 19.4 Å². The molecule has 2 atom stereocenters. The van der Waals surface area contributed by atoms with Crippen molar-refractivity contribution in [3.8, 4) is 0 Å². The molecule has 1 saturated heterocycles. The number of carboxylic acids is 1. The number of rotatable bonds is 5. The summed E-state index contributed by atoms with van der Waals surface area (Å²) in [6.45, 7) is 0. The van der Waals surface area contributed by atoms with E-state index in [9.17, 15) is 22.4 Å². The average Bonchev–Trinajstić information content (AvgIpc) is 2.48. The average molecular weight is 378 g/mol. The van der Waals surface area contributed by atoms with E-state index in [1.807, 2.05) is 0 Å². The number of sulfone groups is 1. The van der Waals surface area contributed by atoms with Crippen LogP contribution in [-0.4, -0.2) is 36.4 Å². The van der Waals surface area contributed by atoms with E-state index in [4.69, 9.17) is 16.7 Å². The summed E-state index contributed by atoms with van der Waals surface area (Å²) in [6.07, 6.45) is 0.812. The Labute approximate surface area is 143 Å². The van der Waals surface area contributed by atoms with Crippen LogP contribution in [0.2, 0.25) is 5.02 Å². The van der Waals surface area contributed by atoms with Gasteiger partial charge in [0.05, 0.1) is 23.2 Å². The molecule has 2 unspecified atom stereocenters. The van der Waals surface area contributed by atoms with Crippen LogP contribution in [0.3, 0.4) is 0 Å². The van der Waals surface area contributed by atoms with Crippen LogP contribution in [0, 0.1) is 5.82 Å².